The minimum Gasteiger partial charge on any atom is -0.395 e. The average Bonchev–Trinajstić information content (AvgIpc) is 2.73. The molecule has 1 aromatic carbocycles. The zero-order chi connectivity index (χ0) is 12.4. The predicted molar refractivity (Wildman–Crippen MR) is 61.4 cm³/mol. The minimum absolute atomic E-state index is 0.537. The first kappa shape index (κ1) is 14.6. The lowest BCUT2D eigenvalue weighted by atomic mass is 10.3. The fraction of sp³-hybridized carbons (Fsp3) is 0.417. The molecule has 0 saturated heterocycles. The van der Waals surface area contributed by atoms with E-state index in [2.05, 4.69) is 9.99 Å². The first-order valence-corrected chi connectivity index (χ1v) is 5.25. The normalized spacial score (nSPS) is 12.4. The Labute approximate surface area is 94.9 Å². The molecule has 0 aliphatic carbocycles. The van der Waals surface area contributed by atoms with E-state index in [9.17, 15) is 8.78 Å². The van der Waals surface area contributed by atoms with E-state index in [1.165, 1.54) is 18.2 Å². The molecule has 1 heterocycles. The topological polar surface area (TPSA) is 21.6 Å². The Bertz CT molecular complexity index is 309. The fourth-order valence-electron chi connectivity index (χ4n) is 0.855. The van der Waals surface area contributed by atoms with E-state index in [1.54, 1.807) is 0 Å². The van der Waals surface area contributed by atoms with Gasteiger partial charge in [-0.05, 0) is 19.1 Å². The molecular weight excluding hydrogens is 212 g/mol. The summed E-state index contributed by atoms with van der Waals surface area (Å²) in [6.45, 7) is 6.75. The lowest BCUT2D eigenvalue weighted by molar-refractivity contribution is 0.173. The van der Waals surface area contributed by atoms with Crippen molar-refractivity contribution in [3.05, 3.63) is 35.9 Å². The van der Waals surface area contributed by atoms with Crippen LogP contribution in [-0.2, 0) is 4.84 Å². The molecule has 0 aromatic heterocycles. The molecule has 0 atom stereocenters. The monoisotopic (exact) mass is 229 g/mol. The Balaban J connectivity index is 0.000000251. The van der Waals surface area contributed by atoms with Crippen molar-refractivity contribution in [3.63, 3.8) is 0 Å². The van der Waals surface area contributed by atoms with Gasteiger partial charge in [0.2, 0.25) is 0 Å². The second-order valence-corrected chi connectivity index (χ2v) is 2.85. The molecule has 0 saturated carbocycles. The first-order valence-electron chi connectivity index (χ1n) is 5.25. The van der Waals surface area contributed by atoms with Crippen LogP contribution in [0, 0.1) is 11.6 Å². The van der Waals surface area contributed by atoms with Crippen LogP contribution in [-0.4, -0.2) is 12.3 Å². The Morgan fingerprint density at radius 2 is 1.75 bits per heavy atom. The molecule has 1 aliphatic rings. The lowest BCUT2D eigenvalue weighted by Crippen LogP contribution is -1.82. The molecule has 0 spiro atoms. The highest BCUT2D eigenvalue weighted by molar-refractivity contribution is 5.82. The molecular formula is C12H17F2NO. The van der Waals surface area contributed by atoms with E-state index >= 15 is 0 Å². The number of hydrogen-bond acceptors (Lipinski definition) is 2. The van der Waals surface area contributed by atoms with Gasteiger partial charge in [0.05, 0.1) is 5.71 Å². The van der Waals surface area contributed by atoms with Crippen LogP contribution in [0.3, 0.4) is 0 Å². The van der Waals surface area contributed by atoms with Gasteiger partial charge in [0.25, 0.3) is 0 Å². The largest absolute Gasteiger partial charge is 0.395 e. The van der Waals surface area contributed by atoms with Crippen molar-refractivity contribution in [1.82, 2.24) is 0 Å². The highest BCUT2D eigenvalue weighted by Gasteiger charge is 1.98. The molecule has 0 N–H and O–H groups in total. The molecule has 2 nitrogen and oxygen atoms in total. The average molecular weight is 229 g/mol. The third-order valence-electron chi connectivity index (χ3n) is 1.56. The minimum atomic E-state index is -0.537. The summed E-state index contributed by atoms with van der Waals surface area (Å²) in [5.41, 5.74) is 1.11. The van der Waals surface area contributed by atoms with Gasteiger partial charge in [0, 0.05) is 12.5 Å². The van der Waals surface area contributed by atoms with Crippen molar-refractivity contribution in [2.75, 3.05) is 6.61 Å². The second kappa shape index (κ2) is 8.83. The number of nitrogens with zero attached hydrogens (tertiary/aromatic N) is 1. The van der Waals surface area contributed by atoms with Gasteiger partial charge in [-0.1, -0.05) is 25.1 Å². The summed E-state index contributed by atoms with van der Waals surface area (Å²) >= 11 is 0. The molecule has 0 unspecified atom stereocenters. The number of oxime groups is 1. The van der Waals surface area contributed by atoms with E-state index in [-0.39, 0.29) is 0 Å². The van der Waals surface area contributed by atoms with Crippen molar-refractivity contribution < 1.29 is 13.6 Å². The van der Waals surface area contributed by atoms with Crippen molar-refractivity contribution in [3.8, 4) is 0 Å². The van der Waals surface area contributed by atoms with Crippen molar-refractivity contribution in [1.29, 1.82) is 0 Å². The van der Waals surface area contributed by atoms with Gasteiger partial charge in [-0.2, -0.15) is 0 Å². The van der Waals surface area contributed by atoms with Crippen LogP contribution in [0.15, 0.2) is 29.4 Å². The van der Waals surface area contributed by atoms with Crippen LogP contribution in [0.1, 0.15) is 27.2 Å². The molecule has 1 aromatic rings. The molecule has 0 fully saturated rings. The molecule has 1 aliphatic heterocycles. The van der Waals surface area contributed by atoms with E-state index in [1.807, 2.05) is 20.8 Å². The van der Waals surface area contributed by atoms with E-state index < -0.39 is 11.6 Å². The quantitative estimate of drug-likeness (QED) is 0.663. The van der Waals surface area contributed by atoms with Gasteiger partial charge >= 0.3 is 0 Å². The second-order valence-electron chi connectivity index (χ2n) is 2.85. The Morgan fingerprint density at radius 3 is 1.94 bits per heavy atom. The zero-order valence-corrected chi connectivity index (χ0v) is 9.84. The number of benzene rings is 1. The van der Waals surface area contributed by atoms with Gasteiger partial charge in [0.1, 0.15) is 18.2 Å². The van der Waals surface area contributed by atoms with Crippen LogP contribution in [0.5, 0.6) is 0 Å². The maximum absolute atomic E-state index is 11.9. The van der Waals surface area contributed by atoms with Gasteiger partial charge < -0.3 is 4.84 Å². The summed E-state index contributed by atoms with van der Waals surface area (Å²) in [6, 6.07) is 4.55. The number of hydrogen-bond donors (Lipinski definition) is 0. The Morgan fingerprint density at radius 1 is 1.19 bits per heavy atom. The maximum Gasteiger partial charge on any atom is 0.126 e. The van der Waals surface area contributed by atoms with Crippen LogP contribution < -0.4 is 0 Å². The molecule has 16 heavy (non-hydrogen) atoms. The van der Waals surface area contributed by atoms with Gasteiger partial charge in [-0.3, -0.25) is 0 Å². The summed E-state index contributed by atoms with van der Waals surface area (Å²) in [7, 11) is 0. The maximum atomic E-state index is 11.9. The molecule has 90 valence electrons. The Hall–Kier alpha value is -1.45. The van der Waals surface area contributed by atoms with Crippen molar-refractivity contribution in [2.24, 2.45) is 5.16 Å². The lowest BCUT2D eigenvalue weighted by Gasteiger charge is -1.84. The smallest absolute Gasteiger partial charge is 0.126 e. The highest BCUT2D eigenvalue weighted by atomic mass is 19.1. The summed E-state index contributed by atoms with van der Waals surface area (Å²) in [5.74, 6) is -1.07. The summed E-state index contributed by atoms with van der Waals surface area (Å²) in [6.07, 6.45) is 1.01. The summed E-state index contributed by atoms with van der Waals surface area (Å²) in [4.78, 5) is 4.64. The molecule has 0 radical (unpaired) electrons. The highest BCUT2D eigenvalue weighted by Crippen LogP contribution is 1.99. The third kappa shape index (κ3) is 6.92. The van der Waals surface area contributed by atoms with Crippen LogP contribution in [0.25, 0.3) is 0 Å². The Kier molecular flexibility index (Phi) is 8.03. The van der Waals surface area contributed by atoms with Crippen LogP contribution in [0.4, 0.5) is 8.78 Å². The van der Waals surface area contributed by atoms with Crippen molar-refractivity contribution >= 4 is 5.71 Å². The molecule has 2 rings (SSSR count). The van der Waals surface area contributed by atoms with Gasteiger partial charge in [-0.15, -0.1) is 0 Å². The zero-order valence-electron chi connectivity index (χ0n) is 9.84. The fourth-order valence-corrected chi connectivity index (χ4v) is 0.855. The number of rotatable bonds is 0. The predicted octanol–water partition coefficient (Wildman–Crippen LogP) is 3.77. The molecule has 4 heteroatoms. The standard InChI is InChI=1S/C6H4F2.C4H7NO.C2H6/c7-5-2-1-3-6(8)4-5;1-4-2-3-6-5-4;1-2/h1-4H;2-3H2,1H3;1-2H3. The van der Waals surface area contributed by atoms with Crippen LogP contribution in [0.2, 0.25) is 0 Å². The van der Waals surface area contributed by atoms with Gasteiger partial charge in [-0.25, -0.2) is 8.78 Å². The first-order chi connectivity index (χ1) is 7.68. The summed E-state index contributed by atoms with van der Waals surface area (Å²) in [5, 5.41) is 3.65. The van der Waals surface area contributed by atoms with Crippen LogP contribution >= 0.6 is 0 Å². The van der Waals surface area contributed by atoms with Crippen molar-refractivity contribution in [2.45, 2.75) is 27.2 Å². The number of halogens is 2. The third-order valence-corrected chi connectivity index (χ3v) is 1.56. The van der Waals surface area contributed by atoms with E-state index in [4.69, 9.17) is 0 Å². The molecule has 0 bridgehead atoms. The molecule has 0 amide bonds. The van der Waals surface area contributed by atoms with E-state index in [0.29, 0.717) is 0 Å². The van der Waals surface area contributed by atoms with Gasteiger partial charge in [0.15, 0.2) is 0 Å². The van der Waals surface area contributed by atoms with E-state index in [0.717, 1.165) is 24.8 Å². The summed E-state index contributed by atoms with van der Waals surface area (Å²) < 4.78 is 23.9. The SMILES string of the molecule is CC.CC1=NOCC1.Fc1cccc(F)c1.